The van der Waals surface area contributed by atoms with E-state index < -0.39 is 0 Å². The minimum Gasteiger partial charge on any atom is -0.377 e. The number of amides is 1. The molecule has 0 radical (unpaired) electrons. The monoisotopic (exact) mass is 169 g/mol. The maximum atomic E-state index is 10.9. The second kappa shape index (κ2) is 4.78. The van der Waals surface area contributed by atoms with Crippen LogP contribution in [-0.4, -0.2) is 25.2 Å². The molecule has 0 fully saturated rings. The Morgan fingerprint density at radius 1 is 1.58 bits per heavy atom. The maximum Gasteiger partial charge on any atom is 0.295 e. The summed E-state index contributed by atoms with van der Waals surface area (Å²) < 4.78 is 5.10. The largest absolute Gasteiger partial charge is 0.377 e. The number of carbonyl (C=O) groups is 1. The number of hydrogen-bond acceptors (Lipinski definition) is 2. The average molecular weight is 169 g/mol. The van der Waals surface area contributed by atoms with Crippen LogP contribution in [0.5, 0.6) is 0 Å². The summed E-state index contributed by atoms with van der Waals surface area (Å²) in [4.78, 5) is 10.9. The lowest BCUT2D eigenvalue weighted by Gasteiger charge is -2.22. The molecule has 12 heavy (non-hydrogen) atoms. The van der Waals surface area contributed by atoms with Crippen molar-refractivity contribution in [3.05, 3.63) is 0 Å². The third-order valence-corrected chi connectivity index (χ3v) is 1.47. The molecule has 0 rings (SSSR count). The van der Waals surface area contributed by atoms with Gasteiger partial charge in [-0.1, -0.05) is 5.92 Å². The van der Waals surface area contributed by atoms with Gasteiger partial charge in [0.15, 0.2) is 0 Å². The quantitative estimate of drug-likeness (QED) is 0.627. The predicted octanol–water partition coefficient (Wildman–Crippen LogP) is 0.551. The van der Waals surface area contributed by atoms with Crippen molar-refractivity contribution in [2.24, 2.45) is 0 Å². The van der Waals surface area contributed by atoms with E-state index in [-0.39, 0.29) is 11.5 Å². The summed E-state index contributed by atoms with van der Waals surface area (Å²) in [6, 6.07) is 0. The molecule has 1 N–H and O–H groups in total. The summed E-state index contributed by atoms with van der Waals surface area (Å²) in [7, 11) is 1.61. The minimum atomic E-state index is -0.328. The van der Waals surface area contributed by atoms with Crippen LogP contribution in [-0.2, 0) is 9.53 Å². The molecule has 3 nitrogen and oxygen atoms in total. The zero-order valence-electron chi connectivity index (χ0n) is 8.02. The molecular formula is C9H15NO2. The van der Waals surface area contributed by atoms with Crippen molar-refractivity contribution in [3.63, 3.8) is 0 Å². The first kappa shape index (κ1) is 11.0. The molecule has 0 aromatic heterocycles. The molecule has 0 saturated heterocycles. The minimum absolute atomic E-state index is 0.261. The van der Waals surface area contributed by atoms with Gasteiger partial charge in [0.25, 0.3) is 5.91 Å². The molecule has 0 aromatic rings. The Hall–Kier alpha value is -1.01. The van der Waals surface area contributed by atoms with E-state index in [0.29, 0.717) is 6.54 Å². The molecule has 0 aliphatic heterocycles. The van der Waals surface area contributed by atoms with Gasteiger partial charge in [0, 0.05) is 13.7 Å². The van der Waals surface area contributed by atoms with Crippen molar-refractivity contribution < 1.29 is 9.53 Å². The van der Waals surface area contributed by atoms with Crippen LogP contribution < -0.4 is 5.32 Å². The molecule has 68 valence electrons. The third-order valence-electron chi connectivity index (χ3n) is 1.47. The van der Waals surface area contributed by atoms with Crippen LogP contribution in [0.2, 0.25) is 0 Å². The smallest absolute Gasteiger partial charge is 0.295 e. The van der Waals surface area contributed by atoms with E-state index in [1.807, 2.05) is 13.8 Å². The van der Waals surface area contributed by atoms with E-state index in [1.165, 1.54) is 0 Å². The van der Waals surface area contributed by atoms with Crippen LogP contribution in [0.25, 0.3) is 0 Å². The van der Waals surface area contributed by atoms with E-state index >= 15 is 0 Å². The highest BCUT2D eigenvalue weighted by Gasteiger charge is 2.16. The summed E-state index contributed by atoms with van der Waals surface area (Å²) in [6.45, 7) is 5.89. The number of hydrogen-bond donors (Lipinski definition) is 1. The molecule has 1 amide bonds. The van der Waals surface area contributed by atoms with Crippen molar-refractivity contribution in [1.82, 2.24) is 5.32 Å². The van der Waals surface area contributed by atoms with Crippen molar-refractivity contribution >= 4 is 5.91 Å². The number of ether oxygens (including phenoxy) is 1. The Morgan fingerprint density at radius 2 is 2.17 bits per heavy atom. The Kier molecular flexibility index (Phi) is 4.38. The number of rotatable bonds is 3. The fourth-order valence-electron chi connectivity index (χ4n) is 0.523. The fraction of sp³-hybridized carbons (Fsp3) is 0.667. The molecule has 3 heteroatoms. The van der Waals surface area contributed by atoms with Crippen LogP contribution >= 0.6 is 0 Å². The number of methoxy groups -OCH3 is 1. The first-order valence-electron chi connectivity index (χ1n) is 3.77. The van der Waals surface area contributed by atoms with Crippen LogP contribution in [0, 0.1) is 11.8 Å². The van der Waals surface area contributed by atoms with Crippen molar-refractivity contribution in [1.29, 1.82) is 0 Å². The zero-order valence-corrected chi connectivity index (χ0v) is 8.02. The van der Waals surface area contributed by atoms with Gasteiger partial charge in [0.1, 0.15) is 0 Å². The lowest BCUT2D eigenvalue weighted by Crippen LogP contribution is -2.39. The normalized spacial score (nSPS) is 10.0. The number of nitrogens with one attached hydrogen (secondary N) is 1. The molecule has 0 spiro atoms. The molecule has 0 atom stereocenters. The summed E-state index contributed by atoms with van der Waals surface area (Å²) in [5, 5.41) is 2.64. The zero-order chi connectivity index (χ0) is 9.61. The topological polar surface area (TPSA) is 38.3 Å². The van der Waals surface area contributed by atoms with Crippen molar-refractivity contribution in [2.75, 3.05) is 13.7 Å². The van der Waals surface area contributed by atoms with Gasteiger partial charge in [-0.25, -0.2) is 0 Å². The first-order chi connectivity index (χ1) is 5.52. The average Bonchev–Trinajstić information content (AvgIpc) is 2.02. The summed E-state index contributed by atoms with van der Waals surface area (Å²) in [6.07, 6.45) is 0. The van der Waals surface area contributed by atoms with Gasteiger partial charge in [-0.05, 0) is 26.7 Å². The summed E-state index contributed by atoms with van der Waals surface area (Å²) in [5.74, 6) is 4.64. The van der Waals surface area contributed by atoms with Gasteiger partial charge in [-0.3, -0.25) is 4.79 Å². The molecule has 0 unspecified atom stereocenters. The standard InChI is InChI=1S/C9H15NO2/c1-5-6-8(11)10-7-9(2,3)12-4/h7H2,1-4H3,(H,10,11). The highest BCUT2D eigenvalue weighted by Crippen LogP contribution is 2.03. The van der Waals surface area contributed by atoms with Gasteiger partial charge in [0.05, 0.1) is 5.60 Å². The SMILES string of the molecule is CC#CC(=O)NCC(C)(C)OC. The molecule has 0 bridgehead atoms. The fourth-order valence-corrected chi connectivity index (χ4v) is 0.523. The maximum absolute atomic E-state index is 10.9. The number of carbonyl (C=O) groups excluding carboxylic acids is 1. The lowest BCUT2D eigenvalue weighted by atomic mass is 10.1. The Labute approximate surface area is 73.5 Å². The molecule has 0 saturated carbocycles. The molecule has 0 aliphatic carbocycles. The Balaban J connectivity index is 3.80. The van der Waals surface area contributed by atoms with Crippen LogP contribution in [0.4, 0.5) is 0 Å². The molecule has 0 heterocycles. The van der Waals surface area contributed by atoms with Crippen LogP contribution in [0.15, 0.2) is 0 Å². The highest BCUT2D eigenvalue weighted by molar-refractivity contribution is 5.93. The Bertz CT molecular complexity index is 210. The van der Waals surface area contributed by atoms with Gasteiger partial charge in [-0.15, -0.1) is 0 Å². The highest BCUT2D eigenvalue weighted by atomic mass is 16.5. The second-order valence-electron chi connectivity index (χ2n) is 3.02. The summed E-state index contributed by atoms with van der Waals surface area (Å²) in [5.41, 5.74) is -0.328. The van der Waals surface area contributed by atoms with E-state index in [4.69, 9.17) is 4.74 Å². The first-order valence-corrected chi connectivity index (χ1v) is 3.77. The van der Waals surface area contributed by atoms with E-state index in [2.05, 4.69) is 17.2 Å². The lowest BCUT2D eigenvalue weighted by molar-refractivity contribution is -0.116. The van der Waals surface area contributed by atoms with Crippen LogP contribution in [0.1, 0.15) is 20.8 Å². The van der Waals surface area contributed by atoms with Gasteiger partial charge < -0.3 is 10.1 Å². The predicted molar refractivity (Wildman–Crippen MR) is 47.5 cm³/mol. The summed E-state index contributed by atoms with van der Waals surface area (Å²) >= 11 is 0. The van der Waals surface area contributed by atoms with Crippen LogP contribution in [0.3, 0.4) is 0 Å². The van der Waals surface area contributed by atoms with E-state index in [1.54, 1.807) is 14.0 Å². The molecule has 0 aromatic carbocycles. The molecule has 0 aliphatic rings. The van der Waals surface area contributed by atoms with Gasteiger partial charge in [0.2, 0.25) is 0 Å². The van der Waals surface area contributed by atoms with E-state index in [9.17, 15) is 4.79 Å². The molecular weight excluding hydrogens is 154 g/mol. The Morgan fingerprint density at radius 3 is 2.58 bits per heavy atom. The van der Waals surface area contributed by atoms with Crippen molar-refractivity contribution in [2.45, 2.75) is 26.4 Å². The van der Waals surface area contributed by atoms with E-state index in [0.717, 1.165) is 0 Å². The van der Waals surface area contributed by atoms with Gasteiger partial charge >= 0.3 is 0 Å². The second-order valence-corrected chi connectivity index (χ2v) is 3.02. The van der Waals surface area contributed by atoms with Gasteiger partial charge in [-0.2, -0.15) is 0 Å². The third kappa shape index (κ3) is 4.75. The van der Waals surface area contributed by atoms with Crippen molar-refractivity contribution in [3.8, 4) is 11.8 Å².